The number of fused-ring (bicyclic) bond motifs is 4. The number of nitrogens with zero attached hydrogens (tertiary/aromatic N) is 4. The summed E-state index contributed by atoms with van der Waals surface area (Å²) in [5.41, 5.74) is 4.98. The topological polar surface area (TPSA) is 58.0 Å². The molecule has 1 atom stereocenters. The van der Waals surface area contributed by atoms with Crippen LogP contribution in [-0.2, 0) is 0 Å². The van der Waals surface area contributed by atoms with Crippen LogP contribution in [0.15, 0.2) is 48.7 Å². The van der Waals surface area contributed by atoms with E-state index >= 15 is 0 Å². The molecular formula is C27H24FN5O2. The summed E-state index contributed by atoms with van der Waals surface area (Å²) in [4.78, 5) is 16.4. The summed E-state index contributed by atoms with van der Waals surface area (Å²) in [6, 6.07) is 12.9. The van der Waals surface area contributed by atoms with Crippen LogP contribution in [0.2, 0.25) is 0 Å². The monoisotopic (exact) mass is 469 g/mol. The summed E-state index contributed by atoms with van der Waals surface area (Å²) in [5, 5.41) is 0. The SMILES string of the molecule is [C-]#[N+]c1cc2[nH]cc(-c3ccc4c(c3)OCC3CN(C)CCN43)c2nc1-c1c(F)cccc1OC. The van der Waals surface area contributed by atoms with Gasteiger partial charge in [0, 0.05) is 31.4 Å². The van der Waals surface area contributed by atoms with E-state index < -0.39 is 5.82 Å². The second kappa shape index (κ2) is 8.29. The number of aromatic nitrogens is 2. The van der Waals surface area contributed by atoms with Gasteiger partial charge in [0.1, 0.15) is 23.9 Å². The average molecular weight is 470 g/mol. The number of hydrogen-bond donors (Lipinski definition) is 1. The molecule has 4 heterocycles. The molecule has 2 aliphatic rings. The van der Waals surface area contributed by atoms with Gasteiger partial charge in [0.05, 0.1) is 47.7 Å². The number of pyridine rings is 1. The van der Waals surface area contributed by atoms with Gasteiger partial charge in [0.15, 0.2) is 0 Å². The fourth-order valence-corrected chi connectivity index (χ4v) is 5.12. The fourth-order valence-electron chi connectivity index (χ4n) is 5.12. The smallest absolute Gasteiger partial charge is 0.215 e. The van der Waals surface area contributed by atoms with Gasteiger partial charge in [-0.1, -0.05) is 12.1 Å². The normalized spacial score (nSPS) is 17.4. The number of halogens is 1. The van der Waals surface area contributed by atoms with E-state index in [1.807, 2.05) is 12.3 Å². The third kappa shape index (κ3) is 3.47. The highest BCUT2D eigenvalue weighted by atomic mass is 19.1. The second-order valence-corrected chi connectivity index (χ2v) is 8.99. The largest absolute Gasteiger partial charge is 0.496 e. The molecule has 0 saturated carbocycles. The molecule has 4 aromatic rings. The van der Waals surface area contributed by atoms with Gasteiger partial charge < -0.3 is 24.3 Å². The fraction of sp³-hybridized carbons (Fsp3) is 0.259. The number of likely N-dealkylation sites (N-methyl/N-ethyl adjacent to an activating group) is 1. The van der Waals surface area contributed by atoms with Gasteiger partial charge in [-0.3, -0.25) is 4.98 Å². The zero-order valence-electron chi connectivity index (χ0n) is 19.5. The molecule has 0 bridgehead atoms. The van der Waals surface area contributed by atoms with Gasteiger partial charge in [0.25, 0.3) is 0 Å². The number of H-pyrrole nitrogens is 1. The second-order valence-electron chi connectivity index (χ2n) is 8.99. The number of hydrogen-bond acceptors (Lipinski definition) is 5. The lowest BCUT2D eigenvalue weighted by Gasteiger charge is -2.44. The molecule has 6 rings (SSSR count). The summed E-state index contributed by atoms with van der Waals surface area (Å²) in [6.45, 7) is 11.3. The van der Waals surface area contributed by atoms with Crippen molar-refractivity contribution in [3.05, 3.63) is 65.9 Å². The van der Waals surface area contributed by atoms with Crippen molar-refractivity contribution in [2.75, 3.05) is 45.3 Å². The van der Waals surface area contributed by atoms with E-state index in [0.717, 1.165) is 42.2 Å². The first-order valence-electron chi connectivity index (χ1n) is 11.5. The van der Waals surface area contributed by atoms with Crippen LogP contribution in [0.25, 0.3) is 38.3 Å². The molecule has 0 amide bonds. The maximum atomic E-state index is 14.9. The van der Waals surface area contributed by atoms with Crippen molar-refractivity contribution in [1.82, 2.24) is 14.9 Å². The maximum Gasteiger partial charge on any atom is 0.215 e. The summed E-state index contributed by atoms with van der Waals surface area (Å²) in [5.74, 6) is 0.705. The van der Waals surface area contributed by atoms with Gasteiger partial charge in [-0.15, -0.1) is 0 Å². The molecule has 0 radical (unpaired) electrons. The quantitative estimate of drug-likeness (QED) is 0.423. The average Bonchev–Trinajstić information content (AvgIpc) is 3.30. The van der Waals surface area contributed by atoms with Crippen LogP contribution in [0.5, 0.6) is 11.5 Å². The predicted octanol–water partition coefficient (Wildman–Crippen LogP) is 5.11. The Morgan fingerprint density at radius 1 is 1.23 bits per heavy atom. The minimum Gasteiger partial charge on any atom is -0.496 e. The number of ether oxygens (including phenoxy) is 2. The lowest BCUT2D eigenvalue weighted by atomic mass is 10.0. The number of methoxy groups -OCH3 is 1. The molecular weight excluding hydrogens is 445 g/mol. The first kappa shape index (κ1) is 21.4. The number of piperazine rings is 1. The van der Waals surface area contributed by atoms with Gasteiger partial charge in [0.2, 0.25) is 5.69 Å². The van der Waals surface area contributed by atoms with Crippen LogP contribution in [-0.4, -0.2) is 61.3 Å². The van der Waals surface area contributed by atoms with E-state index in [1.54, 1.807) is 18.2 Å². The van der Waals surface area contributed by atoms with Crippen LogP contribution in [0.1, 0.15) is 0 Å². The van der Waals surface area contributed by atoms with E-state index in [-0.39, 0.29) is 16.9 Å². The van der Waals surface area contributed by atoms with Crippen LogP contribution >= 0.6 is 0 Å². The van der Waals surface area contributed by atoms with Crippen molar-refractivity contribution < 1.29 is 13.9 Å². The number of benzene rings is 2. The molecule has 0 aliphatic carbocycles. The number of aromatic amines is 1. The Bertz CT molecular complexity index is 1490. The molecule has 1 fully saturated rings. The predicted molar refractivity (Wildman–Crippen MR) is 134 cm³/mol. The van der Waals surface area contributed by atoms with Crippen molar-refractivity contribution in [3.8, 4) is 33.9 Å². The van der Waals surface area contributed by atoms with Gasteiger partial charge in [-0.25, -0.2) is 9.24 Å². The highest BCUT2D eigenvalue weighted by Crippen LogP contribution is 2.42. The lowest BCUT2D eigenvalue weighted by molar-refractivity contribution is 0.188. The zero-order valence-corrected chi connectivity index (χ0v) is 19.5. The Morgan fingerprint density at radius 2 is 2.11 bits per heavy atom. The van der Waals surface area contributed by atoms with Gasteiger partial charge >= 0.3 is 0 Å². The standard InChI is InChI=1S/C27H24FN5O2/c1-29-20-12-21-26(31-27(20)25-19(28)5-4-6-23(25)34-3)18(13-30-21)16-7-8-22-24(11-16)35-15-17-14-32(2)9-10-33(17)22/h4-8,11-13,17,30H,9-10,14-15H2,2-3H3. The lowest BCUT2D eigenvalue weighted by Crippen LogP contribution is -2.56. The molecule has 2 aromatic heterocycles. The third-order valence-corrected chi connectivity index (χ3v) is 6.88. The Labute approximate surface area is 202 Å². The minimum atomic E-state index is -0.484. The Hall–Kier alpha value is -4.09. The van der Waals surface area contributed by atoms with E-state index in [2.05, 4.69) is 38.8 Å². The molecule has 8 heteroatoms. The van der Waals surface area contributed by atoms with Crippen LogP contribution in [0.4, 0.5) is 15.8 Å². The number of rotatable bonds is 3. The molecule has 1 N–H and O–H groups in total. The maximum absolute atomic E-state index is 14.9. The van der Waals surface area contributed by atoms with Crippen molar-refractivity contribution in [3.63, 3.8) is 0 Å². The molecule has 7 nitrogen and oxygen atoms in total. The summed E-state index contributed by atoms with van der Waals surface area (Å²) in [6.07, 6.45) is 1.87. The highest BCUT2D eigenvalue weighted by Gasteiger charge is 2.32. The number of nitrogens with one attached hydrogen (secondary N) is 1. The van der Waals surface area contributed by atoms with Gasteiger partial charge in [-0.2, -0.15) is 0 Å². The van der Waals surface area contributed by atoms with Crippen LogP contribution < -0.4 is 14.4 Å². The Balaban J connectivity index is 1.46. The molecule has 1 unspecified atom stereocenters. The first-order valence-corrected chi connectivity index (χ1v) is 11.5. The Kier molecular flexibility index (Phi) is 5.08. The summed E-state index contributed by atoms with van der Waals surface area (Å²) < 4.78 is 26.4. The van der Waals surface area contributed by atoms with Crippen molar-refractivity contribution in [1.29, 1.82) is 0 Å². The third-order valence-electron chi connectivity index (χ3n) is 6.88. The minimum absolute atomic E-state index is 0.185. The van der Waals surface area contributed by atoms with Crippen molar-refractivity contribution >= 4 is 22.4 Å². The van der Waals surface area contributed by atoms with Crippen LogP contribution in [0, 0.1) is 12.4 Å². The van der Waals surface area contributed by atoms with E-state index in [4.69, 9.17) is 21.0 Å². The molecule has 35 heavy (non-hydrogen) atoms. The van der Waals surface area contributed by atoms with Crippen molar-refractivity contribution in [2.24, 2.45) is 0 Å². The molecule has 176 valence electrons. The Morgan fingerprint density at radius 3 is 2.94 bits per heavy atom. The summed E-state index contributed by atoms with van der Waals surface area (Å²) >= 11 is 0. The van der Waals surface area contributed by atoms with Crippen molar-refractivity contribution in [2.45, 2.75) is 6.04 Å². The number of anilines is 1. The highest BCUT2D eigenvalue weighted by molar-refractivity contribution is 5.98. The first-order chi connectivity index (χ1) is 17.1. The molecule has 2 aliphatic heterocycles. The zero-order chi connectivity index (χ0) is 24.1. The van der Waals surface area contributed by atoms with Gasteiger partial charge in [-0.05, 0) is 42.9 Å². The molecule has 1 saturated heterocycles. The molecule has 2 aromatic carbocycles. The van der Waals surface area contributed by atoms with E-state index in [1.165, 1.54) is 13.2 Å². The van der Waals surface area contributed by atoms with E-state index in [9.17, 15) is 4.39 Å². The van der Waals surface area contributed by atoms with Crippen LogP contribution in [0.3, 0.4) is 0 Å². The van der Waals surface area contributed by atoms with E-state index in [0.29, 0.717) is 29.4 Å². The summed E-state index contributed by atoms with van der Waals surface area (Å²) in [7, 11) is 3.62. The molecule has 0 spiro atoms.